The molecule has 84 valence electrons. The van der Waals surface area contributed by atoms with E-state index in [4.69, 9.17) is 9.47 Å². The topological polar surface area (TPSA) is 38.8 Å². The van der Waals surface area contributed by atoms with Crippen molar-refractivity contribution in [2.75, 3.05) is 6.61 Å². The molecular formula is C12H18O3. The molecule has 0 N–H and O–H groups in total. The summed E-state index contributed by atoms with van der Waals surface area (Å²) in [4.78, 5) is 11.4. The summed E-state index contributed by atoms with van der Waals surface area (Å²) in [6.07, 6.45) is 6.39. The van der Waals surface area contributed by atoms with E-state index in [1.807, 2.05) is 13.8 Å². The summed E-state index contributed by atoms with van der Waals surface area (Å²) in [6, 6.07) is 0. The van der Waals surface area contributed by atoms with Crippen molar-refractivity contribution in [3.05, 3.63) is 11.6 Å². The summed E-state index contributed by atoms with van der Waals surface area (Å²) in [5.41, 5.74) is 0.737. The van der Waals surface area contributed by atoms with E-state index in [2.05, 4.69) is 6.08 Å². The van der Waals surface area contributed by atoms with Gasteiger partial charge in [0, 0.05) is 5.57 Å². The molecule has 0 spiro atoms. The van der Waals surface area contributed by atoms with Gasteiger partial charge in [-0.1, -0.05) is 6.08 Å². The van der Waals surface area contributed by atoms with Gasteiger partial charge in [-0.3, -0.25) is 0 Å². The summed E-state index contributed by atoms with van der Waals surface area (Å²) in [7, 11) is 0. The van der Waals surface area contributed by atoms with Crippen LogP contribution in [0, 0.1) is 5.92 Å². The molecular weight excluding hydrogens is 192 g/mol. The molecule has 2 fully saturated rings. The third-order valence-corrected chi connectivity index (χ3v) is 3.13. The molecule has 0 aromatic rings. The largest absolute Gasteiger partial charge is 0.463 e. The smallest absolute Gasteiger partial charge is 0.333 e. The zero-order valence-corrected chi connectivity index (χ0v) is 9.36. The van der Waals surface area contributed by atoms with Gasteiger partial charge < -0.3 is 9.47 Å². The van der Waals surface area contributed by atoms with Crippen LogP contribution in [-0.2, 0) is 14.3 Å². The van der Waals surface area contributed by atoms with Gasteiger partial charge in [-0.15, -0.1) is 0 Å². The average molecular weight is 210 g/mol. The maximum atomic E-state index is 11.4. The van der Waals surface area contributed by atoms with Crippen LogP contribution in [0.15, 0.2) is 11.6 Å². The van der Waals surface area contributed by atoms with Crippen molar-refractivity contribution in [3.8, 4) is 0 Å². The molecule has 3 nitrogen and oxygen atoms in total. The molecule has 1 aliphatic heterocycles. The summed E-state index contributed by atoms with van der Waals surface area (Å²) in [5.74, 6) is 0.314. The van der Waals surface area contributed by atoms with E-state index in [1.165, 1.54) is 0 Å². The third kappa shape index (κ3) is 2.59. The predicted octanol–water partition coefficient (Wildman–Crippen LogP) is 2.06. The number of carbonyl (C=O) groups excluding carboxylic acids is 1. The number of rotatable bonds is 3. The van der Waals surface area contributed by atoms with Crippen molar-refractivity contribution in [2.24, 2.45) is 5.92 Å². The first kappa shape index (κ1) is 10.7. The highest BCUT2D eigenvalue weighted by Crippen LogP contribution is 2.40. The van der Waals surface area contributed by atoms with Crippen LogP contribution >= 0.6 is 0 Å². The Balaban J connectivity index is 1.87. The van der Waals surface area contributed by atoms with Crippen LogP contribution in [0.5, 0.6) is 0 Å². The molecule has 1 saturated heterocycles. The Morgan fingerprint density at radius 3 is 2.93 bits per heavy atom. The summed E-state index contributed by atoms with van der Waals surface area (Å²) in [5, 5.41) is 0. The minimum atomic E-state index is -0.184. The number of esters is 1. The molecule has 3 atom stereocenters. The van der Waals surface area contributed by atoms with Crippen molar-refractivity contribution in [1.82, 2.24) is 0 Å². The van der Waals surface area contributed by atoms with Crippen molar-refractivity contribution < 1.29 is 14.3 Å². The number of ether oxygens (including phenoxy) is 2. The molecule has 0 aromatic heterocycles. The molecule has 3 heteroatoms. The second kappa shape index (κ2) is 4.35. The van der Waals surface area contributed by atoms with Crippen LogP contribution in [0.25, 0.3) is 0 Å². The number of fused-ring (bicyclic) bond motifs is 1. The van der Waals surface area contributed by atoms with Gasteiger partial charge in [0.2, 0.25) is 0 Å². The second-order valence-corrected chi connectivity index (χ2v) is 4.36. The minimum absolute atomic E-state index is 0.184. The third-order valence-electron chi connectivity index (χ3n) is 3.13. The van der Waals surface area contributed by atoms with Gasteiger partial charge in [-0.2, -0.15) is 0 Å². The van der Waals surface area contributed by atoms with E-state index in [9.17, 15) is 4.79 Å². The first-order chi connectivity index (χ1) is 7.20. The lowest BCUT2D eigenvalue weighted by atomic mass is 9.88. The highest BCUT2D eigenvalue weighted by atomic mass is 16.6. The van der Waals surface area contributed by atoms with Crippen molar-refractivity contribution in [1.29, 1.82) is 0 Å². The number of hydrogen-bond donors (Lipinski definition) is 0. The zero-order valence-electron chi connectivity index (χ0n) is 9.36. The lowest BCUT2D eigenvalue weighted by Crippen LogP contribution is -2.13. The standard InChI is InChI=1S/C12H18O3/c1-3-14-12(13)8(2)6-9-4-5-10-11(7-9)15-10/h6,9-11H,3-5,7H2,1-2H3. The van der Waals surface area contributed by atoms with E-state index in [-0.39, 0.29) is 5.97 Å². The number of epoxide rings is 1. The van der Waals surface area contributed by atoms with Gasteiger partial charge in [0.25, 0.3) is 0 Å². The van der Waals surface area contributed by atoms with Crippen LogP contribution in [-0.4, -0.2) is 24.8 Å². The lowest BCUT2D eigenvalue weighted by Gasteiger charge is -2.15. The molecule has 1 saturated carbocycles. The molecule has 1 heterocycles. The molecule has 1 aliphatic carbocycles. The van der Waals surface area contributed by atoms with Crippen LogP contribution in [0.1, 0.15) is 33.1 Å². The highest BCUT2D eigenvalue weighted by Gasteiger charge is 2.43. The van der Waals surface area contributed by atoms with Crippen molar-refractivity contribution in [3.63, 3.8) is 0 Å². The van der Waals surface area contributed by atoms with E-state index >= 15 is 0 Å². The molecule has 0 aromatic carbocycles. The molecule has 2 aliphatic rings. The van der Waals surface area contributed by atoms with Gasteiger partial charge >= 0.3 is 5.97 Å². The first-order valence-corrected chi connectivity index (χ1v) is 5.71. The van der Waals surface area contributed by atoms with Gasteiger partial charge in [0.15, 0.2) is 0 Å². The number of carbonyl (C=O) groups is 1. The van der Waals surface area contributed by atoms with Crippen LogP contribution in [0.4, 0.5) is 0 Å². The SMILES string of the molecule is CCOC(=O)C(C)=CC1CCC2OC2C1. The fourth-order valence-electron chi connectivity index (χ4n) is 2.25. The zero-order chi connectivity index (χ0) is 10.8. The molecule has 0 amide bonds. The fraction of sp³-hybridized carbons (Fsp3) is 0.750. The molecule has 2 rings (SSSR count). The van der Waals surface area contributed by atoms with Gasteiger partial charge in [0.1, 0.15) is 0 Å². The van der Waals surface area contributed by atoms with Crippen LogP contribution in [0.3, 0.4) is 0 Å². The van der Waals surface area contributed by atoms with E-state index < -0.39 is 0 Å². The molecule has 15 heavy (non-hydrogen) atoms. The van der Waals surface area contributed by atoms with Crippen molar-refractivity contribution in [2.45, 2.75) is 45.3 Å². The van der Waals surface area contributed by atoms with Crippen molar-refractivity contribution >= 4 is 5.97 Å². The average Bonchev–Trinajstić information content (AvgIpc) is 2.96. The predicted molar refractivity (Wildman–Crippen MR) is 56.4 cm³/mol. The quantitative estimate of drug-likeness (QED) is 0.406. The molecule has 0 bridgehead atoms. The Bertz CT molecular complexity index is 283. The van der Waals surface area contributed by atoms with E-state index in [0.29, 0.717) is 24.7 Å². The Morgan fingerprint density at radius 2 is 2.27 bits per heavy atom. The van der Waals surface area contributed by atoms with Crippen LogP contribution < -0.4 is 0 Å². The number of allylic oxidation sites excluding steroid dienone is 1. The van der Waals surface area contributed by atoms with Crippen LogP contribution in [0.2, 0.25) is 0 Å². The normalized spacial score (nSPS) is 34.5. The minimum Gasteiger partial charge on any atom is -0.463 e. The van der Waals surface area contributed by atoms with E-state index in [0.717, 1.165) is 24.8 Å². The van der Waals surface area contributed by atoms with Gasteiger partial charge in [0.05, 0.1) is 18.8 Å². The highest BCUT2D eigenvalue weighted by molar-refractivity contribution is 5.87. The monoisotopic (exact) mass is 210 g/mol. The maximum absolute atomic E-state index is 11.4. The molecule has 3 unspecified atom stereocenters. The van der Waals surface area contributed by atoms with Gasteiger partial charge in [-0.25, -0.2) is 4.79 Å². The summed E-state index contributed by atoms with van der Waals surface area (Å²) < 4.78 is 10.4. The second-order valence-electron chi connectivity index (χ2n) is 4.36. The first-order valence-electron chi connectivity index (χ1n) is 5.71. The Hall–Kier alpha value is -0.830. The van der Waals surface area contributed by atoms with E-state index in [1.54, 1.807) is 0 Å². The van der Waals surface area contributed by atoms with Gasteiger partial charge in [-0.05, 0) is 39.0 Å². The Kier molecular flexibility index (Phi) is 3.10. The number of hydrogen-bond acceptors (Lipinski definition) is 3. The summed E-state index contributed by atoms with van der Waals surface area (Å²) in [6.45, 7) is 4.11. The Morgan fingerprint density at radius 1 is 1.47 bits per heavy atom. The lowest BCUT2D eigenvalue weighted by molar-refractivity contribution is -0.138. The maximum Gasteiger partial charge on any atom is 0.333 e. The summed E-state index contributed by atoms with van der Waals surface area (Å²) >= 11 is 0. The Labute approximate surface area is 90.4 Å². The fourth-order valence-corrected chi connectivity index (χ4v) is 2.25. The molecule has 0 radical (unpaired) electrons.